The van der Waals surface area contributed by atoms with Crippen molar-refractivity contribution in [2.45, 2.75) is 77.3 Å². The summed E-state index contributed by atoms with van der Waals surface area (Å²) in [7, 11) is 0. The fourth-order valence-electron chi connectivity index (χ4n) is 3.44. The highest BCUT2D eigenvalue weighted by atomic mass is 19.1. The summed E-state index contributed by atoms with van der Waals surface area (Å²) < 4.78 is 13.0. The number of hydrogen-bond acceptors (Lipinski definition) is 0. The highest BCUT2D eigenvalue weighted by molar-refractivity contribution is 5.09. The van der Waals surface area contributed by atoms with Crippen LogP contribution in [0.15, 0.2) is 0 Å². The maximum absolute atomic E-state index is 13.0. The van der Waals surface area contributed by atoms with Gasteiger partial charge in [0.2, 0.25) is 0 Å². The summed E-state index contributed by atoms with van der Waals surface area (Å²) in [6.07, 6.45) is 11.0. The van der Waals surface area contributed by atoms with Crippen LogP contribution in [0.25, 0.3) is 0 Å². The van der Waals surface area contributed by atoms with Gasteiger partial charge in [0.05, 0.1) is 0 Å². The van der Waals surface area contributed by atoms with E-state index in [1.807, 2.05) is 0 Å². The van der Waals surface area contributed by atoms with Crippen molar-refractivity contribution in [2.24, 2.45) is 17.8 Å². The molecule has 0 amide bonds. The molecule has 0 aromatic rings. The van der Waals surface area contributed by atoms with Crippen LogP contribution in [0.5, 0.6) is 0 Å². The lowest BCUT2D eigenvalue weighted by molar-refractivity contribution is 0.229. The monoisotopic (exact) mass is 250 g/mol. The van der Waals surface area contributed by atoms with Gasteiger partial charge in [0.1, 0.15) is 6.17 Å². The standard InChI is InChI=1S/C17H27F/c1-2-3-14-4-6-15(7-5-14)8-9-16-10-12-17(18)13-11-16/h14-17H,2-7,10-13H2,1H3. The topological polar surface area (TPSA) is 0 Å². The van der Waals surface area contributed by atoms with Crippen LogP contribution >= 0.6 is 0 Å². The van der Waals surface area contributed by atoms with Crippen molar-refractivity contribution in [1.82, 2.24) is 0 Å². The van der Waals surface area contributed by atoms with E-state index in [4.69, 9.17) is 0 Å². The van der Waals surface area contributed by atoms with Crippen molar-refractivity contribution >= 4 is 0 Å². The third kappa shape index (κ3) is 4.30. The van der Waals surface area contributed by atoms with Gasteiger partial charge in [-0.2, -0.15) is 0 Å². The molecule has 0 spiro atoms. The second-order valence-corrected chi connectivity index (χ2v) is 6.24. The molecule has 0 aliphatic heterocycles. The Hall–Kier alpha value is -0.510. The number of hydrogen-bond donors (Lipinski definition) is 0. The molecule has 0 N–H and O–H groups in total. The first-order valence-electron chi connectivity index (χ1n) is 7.93. The third-order valence-electron chi connectivity index (χ3n) is 4.69. The van der Waals surface area contributed by atoms with Crippen LogP contribution in [0.2, 0.25) is 0 Å². The highest BCUT2D eigenvalue weighted by Crippen LogP contribution is 2.31. The Morgan fingerprint density at radius 2 is 1.33 bits per heavy atom. The van der Waals surface area contributed by atoms with Crippen LogP contribution in [-0.4, -0.2) is 6.17 Å². The van der Waals surface area contributed by atoms with Gasteiger partial charge in [0, 0.05) is 11.8 Å². The number of alkyl halides is 1. The molecule has 18 heavy (non-hydrogen) atoms. The highest BCUT2D eigenvalue weighted by Gasteiger charge is 2.21. The van der Waals surface area contributed by atoms with Gasteiger partial charge >= 0.3 is 0 Å². The van der Waals surface area contributed by atoms with E-state index in [1.165, 1.54) is 38.5 Å². The van der Waals surface area contributed by atoms with Gasteiger partial charge in [-0.05, 0) is 57.3 Å². The molecule has 0 heterocycles. The summed E-state index contributed by atoms with van der Waals surface area (Å²) in [4.78, 5) is 0. The van der Waals surface area contributed by atoms with E-state index in [0.717, 1.165) is 31.6 Å². The normalized spacial score (nSPS) is 36.8. The minimum absolute atomic E-state index is 0.491. The Balaban J connectivity index is 1.71. The summed E-state index contributed by atoms with van der Waals surface area (Å²) >= 11 is 0. The van der Waals surface area contributed by atoms with Crippen molar-refractivity contribution in [3.8, 4) is 11.8 Å². The van der Waals surface area contributed by atoms with Crippen LogP contribution in [0, 0.1) is 29.6 Å². The maximum atomic E-state index is 13.0. The van der Waals surface area contributed by atoms with Gasteiger partial charge in [-0.15, -0.1) is 0 Å². The molecular weight excluding hydrogens is 223 g/mol. The summed E-state index contributed by atoms with van der Waals surface area (Å²) in [6, 6.07) is 0. The molecule has 0 aromatic carbocycles. The van der Waals surface area contributed by atoms with Crippen LogP contribution in [0.1, 0.15) is 71.1 Å². The van der Waals surface area contributed by atoms with E-state index in [0.29, 0.717) is 11.8 Å². The van der Waals surface area contributed by atoms with Crippen LogP contribution in [0.3, 0.4) is 0 Å². The Morgan fingerprint density at radius 3 is 1.83 bits per heavy atom. The molecule has 0 atom stereocenters. The van der Waals surface area contributed by atoms with E-state index in [2.05, 4.69) is 18.8 Å². The van der Waals surface area contributed by atoms with Gasteiger partial charge in [-0.3, -0.25) is 0 Å². The first-order valence-corrected chi connectivity index (χ1v) is 7.93. The summed E-state index contributed by atoms with van der Waals surface area (Å²) in [5.74, 6) is 9.04. The van der Waals surface area contributed by atoms with Gasteiger partial charge in [0.15, 0.2) is 0 Å². The summed E-state index contributed by atoms with van der Waals surface area (Å²) in [6.45, 7) is 2.28. The Kier molecular flexibility index (Phi) is 5.54. The van der Waals surface area contributed by atoms with E-state index >= 15 is 0 Å². The molecule has 102 valence electrons. The Labute approximate surface area is 112 Å². The van der Waals surface area contributed by atoms with Crippen molar-refractivity contribution in [1.29, 1.82) is 0 Å². The van der Waals surface area contributed by atoms with Crippen LogP contribution in [0.4, 0.5) is 4.39 Å². The van der Waals surface area contributed by atoms with E-state index in [-0.39, 0.29) is 0 Å². The first kappa shape index (κ1) is 13.9. The van der Waals surface area contributed by atoms with Crippen LogP contribution < -0.4 is 0 Å². The zero-order valence-electron chi connectivity index (χ0n) is 11.8. The molecule has 0 unspecified atom stereocenters. The molecule has 2 aliphatic rings. The zero-order chi connectivity index (χ0) is 12.8. The minimum Gasteiger partial charge on any atom is -0.247 e. The fraction of sp³-hybridized carbons (Fsp3) is 0.882. The quantitative estimate of drug-likeness (QED) is 0.596. The molecule has 1 heteroatoms. The lowest BCUT2D eigenvalue weighted by Crippen LogP contribution is -2.15. The van der Waals surface area contributed by atoms with Crippen LogP contribution in [-0.2, 0) is 0 Å². The molecule has 2 fully saturated rings. The maximum Gasteiger partial charge on any atom is 0.100 e. The average molecular weight is 250 g/mol. The zero-order valence-corrected chi connectivity index (χ0v) is 11.8. The Morgan fingerprint density at radius 1 is 0.833 bits per heavy atom. The Bertz CT molecular complexity index is 282. The molecule has 2 aliphatic carbocycles. The predicted molar refractivity (Wildman–Crippen MR) is 75.0 cm³/mol. The van der Waals surface area contributed by atoms with Gasteiger partial charge in [-0.1, -0.05) is 31.6 Å². The second-order valence-electron chi connectivity index (χ2n) is 6.24. The van der Waals surface area contributed by atoms with Gasteiger partial charge < -0.3 is 0 Å². The number of halogens is 1. The lowest BCUT2D eigenvalue weighted by Gasteiger charge is -2.25. The minimum atomic E-state index is -0.549. The molecule has 0 radical (unpaired) electrons. The molecular formula is C17H27F. The lowest BCUT2D eigenvalue weighted by atomic mass is 9.80. The molecule has 0 aromatic heterocycles. The largest absolute Gasteiger partial charge is 0.247 e. The van der Waals surface area contributed by atoms with E-state index in [9.17, 15) is 4.39 Å². The van der Waals surface area contributed by atoms with Crippen molar-refractivity contribution in [3.63, 3.8) is 0 Å². The number of rotatable bonds is 2. The smallest absolute Gasteiger partial charge is 0.100 e. The van der Waals surface area contributed by atoms with Gasteiger partial charge in [0.25, 0.3) is 0 Å². The molecule has 0 bridgehead atoms. The second kappa shape index (κ2) is 7.17. The van der Waals surface area contributed by atoms with E-state index < -0.39 is 6.17 Å². The van der Waals surface area contributed by atoms with Crippen molar-refractivity contribution < 1.29 is 4.39 Å². The third-order valence-corrected chi connectivity index (χ3v) is 4.69. The molecule has 2 saturated carbocycles. The molecule has 0 nitrogen and oxygen atoms in total. The SMILES string of the molecule is CCCC1CCC(C#CC2CCC(F)CC2)CC1. The average Bonchev–Trinajstić information content (AvgIpc) is 2.40. The predicted octanol–water partition coefficient (Wildman–Crippen LogP) is 5.12. The summed E-state index contributed by atoms with van der Waals surface area (Å²) in [5, 5.41) is 0. The molecule has 0 saturated heterocycles. The van der Waals surface area contributed by atoms with Crippen molar-refractivity contribution in [3.05, 3.63) is 0 Å². The van der Waals surface area contributed by atoms with E-state index in [1.54, 1.807) is 0 Å². The fourth-order valence-corrected chi connectivity index (χ4v) is 3.44. The molecule has 2 rings (SSSR count). The summed E-state index contributed by atoms with van der Waals surface area (Å²) in [5.41, 5.74) is 0. The van der Waals surface area contributed by atoms with Gasteiger partial charge in [-0.25, -0.2) is 4.39 Å². The first-order chi connectivity index (χ1) is 8.78. The van der Waals surface area contributed by atoms with Crippen molar-refractivity contribution in [2.75, 3.05) is 0 Å².